The Labute approximate surface area is 115 Å². The molecule has 3 nitrogen and oxygen atoms in total. The van der Waals surface area contributed by atoms with Crippen molar-refractivity contribution in [3.8, 4) is 0 Å². The van der Waals surface area contributed by atoms with E-state index in [9.17, 15) is 9.59 Å². The Morgan fingerprint density at radius 1 is 1.37 bits per heavy atom. The number of carbonyl (C=O) groups excluding carboxylic acids is 1. The first kappa shape index (κ1) is 13.6. The fourth-order valence-electron chi connectivity index (χ4n) is 1.79. The van der Waals surface area contributed by atoms with Crippen molar-refractivity contribution in [1.82, 2.24) is 4.98 Å². The van der Waals surface area contributed by atoms with Crippen LogP contribution in [0.5, 0.6) is 0 Å². The maximum Gasteiger partial charge on any atom is 0.189 e. The van der Waals surface area contributed by atoms with Crippen LogP contribution in [-0.2, 0) is 4.79 Å². The molecule has 0 spiro atoms. The summed E-state index contributed by atoms with van der Waals surface area (Å²) in [4.78, 5) is 25.4. The quantitative estimate of drug-likeness (QED) is 0.870. The van der Waals surface area contributed by atoms with Gasteiger partial charge in [0.25, 0.3) is 0 Å². The minimum atomic E-state index is 0.0298. The Morgan fingerprint density at radius 3 is 3.00 bits per heavy atom. The lowest BCUT2D eigenvalue weighted by atomic mass is 10.1. The average Bonchev–Trinajstić information content (AvgIpc) is 2.38. The highest BCUT2D eigenvalue weighted by molar-refractivity contribution is 8.13. The molecule has 0 amide bonds. The molecule has 0 unspecified atom stereocenters. The Bertz CT molecular complexity index is 673. The number of allylic oxidation sites excluding steroid dienone is 1. The third kappa shape index (κ3) is 3.83. The van der Waals surface area contributed by atoms with E-state index < -0.39 is 0 Å². The van der Waals surface area contributed by atoms with Crippen molar-refractivity contribution < 1.29 is 4.79 Å². The fraction of sp³-hybridized carbons (Fsp3) is 0.200. The van der Waals surface area contributed by atoms with Crippen LogP contribution in [0, 0.1) is 0 Å². The summed E-state index contributed by atoms with van der Waals surface area (Å²) in [5, 5.41) is 0.850. The lowest BCUT2D eigenvalue weighted by Gasteiger charge is -1.99. The van der Waals surface area contributed by atoms with Gasteiger partial charge in [0.05, 0.1) is 0 Å². The molecule has 1 aromatic carbocycles. The third-order valence-corrected chi connectivity index (χ3v) is 3.53. The molecule has 0 aliphatic rings. The second-order valence-electron chi connectivity index (χ2n) is 4.18. The first-order valence-corrected chi connectivity index (χ1v) is 7.07. The van der Waals surface area contributed by atoms with Gasteiger partial charge in [-0.15, -0.1) is 0 Å². The minimum Gasteiger partial charge on any atom is -0.361 e. The number of hydrogen-bond acceptors (Lipinski definition) is 3. The summed E-state index contributed by atoms with van der Waals surface area (Å²) in [6.45, 7) is 1.58. The van der Waals surface area contributed by atoms with Crippen LogP contribution in [-0.4, -0.2) is 15.9 Å². The number of aromatic nitrogens is 1. The van der Waals surface area contributed by atoms with Crippen molar-refractivity contribution >= 4 is 33.9 Å². The van der Waals surface area contributed by atoms with E-state index in [4.69, 9.17) is 0 Å². The molecule has 0 bridgehead atoms. The summed E-state index contributed by atoms with van der Waals surface area (Å²) in [5.41, 5.74) is 1.91. The number of aromatic amines is 1. The number of pyridine rings is 1. The number of rotatable bonds is 4. The monoisotopic (exact) mass is 273 g/mol. The highest BCUT2D eigenvalue weighted by Crippen LogP contribution is 2.12. The van der Waals surface area contributed by atoms with Crippen molar-refractivity contribution in [3.05, 3.63) is 52.3 Å². The lowest BCUT2D eigenvalue weighted by Crippen LogP contribution is -1.99. The molecule has 0 saturated carbocycles. The lowest BCUT2D eigenvalue weighted by molar-refractivity contribution is -0.109. The van der Waals surface area contributed by atoms with Crippen molar-refractivity contribution in [1.29, 1.82) is 0 Å². The number of benzene rings is 1. The van der Waals surface area contributed by atoms with Gasteiger partial charge >= 0.3 is 0 Å². The second kappa shape index (κ2) is 6.38. The maximum absolute atomic E-state index is 11.6. The highest BCUT2D eigenvalue weighted by Gasteiger charge is 1.97. The number of carbonyl (C=O) groups is 1. The van der Waals surface area contributed by atoms with Gasteiger partial charge in [0, 0.05) is 35.8 Å². The van der Waals surface area contributed by atoms with Gasteiger partial charge in [0.15, 0.2) is 10.5 Å². The van der Waals surface area contributed by atoms with Gasteiger partial charge in [-0.05, 0) is 24.1 Å². The molecule has 2 aromatic rings. The van der Waals surface area contributed by atoms with Gasteiger partial charge in [-0.2, -0.15) is 0 Å². The van der Waals surface area contributed by atoms with Crippen molar-refractivity contribution in [2.45, 2.75) is 13.3 Å². The zero-order valence-electron chi connectivity index (χ0n) is 10.7. The molecule has 0 saturated heterocycles. The van der Waals surface area contributed by atoms with Crippen LogP contribution in [0.2, 0.25) is 0 Å². The minimum absolute atomic E-state index is 0.0298. The van der Waals surface area contributed by atoms with E-state index in [1.165, 1.54) is 17.8 Å². The van der Waals surface area contributed by atoms with Gasteiger partial charge in [0.1, 0.15) is 0 Å². The van der Waals surface area contributed by atoms with Crippen LogP contribution in [0.3, 0.4) is 0 Å². The van der Waals surface area contributed by atoms with E-state index >= 15 is 0 Å². The first-order chi connectivity index (χ1) is 9.16. The summed E-state index contributed by atoms with van der Waals surface area (Å²) in [5.74, 6) is 0.802. The normalized spacial score (nSPS) is 11.2. The Kier molecular flexibility index (Phi) is 4.58. The molecule has 0 aliphatic carbocycles. The van der Waals surface area contributed by atoms with Crippen LogP contribution >= 0.6 is 11.8 Å². The average molecular weight is 273 g/mol. The molecule has 1 N–H and O–H groups in total. The molecular weight excluding hydrogens is 258 g/mol. The summed E-state index contributed by atoms with van der Waals surface area (Å²) in [6, 6.07) is 7.23. The molecule has 19 heavy (non-hydrogen) atoms. The summed E-state index contributed by atoms with van der Waals surface area (Å²) < 4.78 is 0. The Hall–Kier alpha value is -1.81. The van der Waals surface area contributed by atoms with E-state index in [0.717, 1.165) is 23.3 Å². The highest BCUT2D eigenvalue weighted by atomic mass is 32.2. The van der Waals surface area contributed by atoms with Crippen LogP contribution in [0.1, 0.15) is 18.9 Å². The van der Waals surface area contributed by atoms with Crippen molar-refractivity contribution in [2.24, 2.45) is 0 Å². The molecule has 4 heteroatoms. The molecule has 2 rings (SSSR count). The van der Waals surface area contributed by atoms with Crippen molar-refractivity contribution in [2.75, 3.05) is 5.75 Å². The Morgan fingerprint density at radius 2 is 2.21 bits per heavy atom. The molecule has 0 aliphatic heterocycles. The summed E-state index contributed by atoms with van der Waals surface area (Å²) in [6.07, 6.45) is 6.55. The van der Waals surface area contributed by atoms with Crippen LogP contribution in [0.4, 0.5) is 0 Å². The largest absolute Gasteiger partial charge is 0.361 e. The van der Waals surface area contributed by atoms with Crippen LogP contribution < -0.4 is 5.43 Å². The number of thioether (sulfide) groups is 1. The number of H-pyrrole nitrogens is 1. The smallest absolute Gasteiger partial charge is 0.189 e. The van der Waals surface area contributed by atoms with Crippen LogP contribution in [0.25, 0.3) is 17.0 Å². The number of fused-ring (bicyclic) bond motifs is 1. The standard InChI is InChI=1S/C15H15NO2S/c1-11(17)19-9-3-2-4-12-5-6-13-14(10-12)16-8-7-15(13)18/h2,4-8,10H,3,9H2,1H3,(H,16,18). The van der Waals surface area contributed by atoms with Crippen LogP contribution in [0.15, 0.2) is 41.3 Å². The number of nitrogens with one attached hydrogen (secondary N) is 1. The van der Waals surface area contributed by atoms with E-state index in [-0.39, 0.29) is 10.5 Å². The molecule has 0 fully saturated rings. The fourth-order valence-corrected chi connectivity index (χ4v) is 2.33. The van der Waals surface area contributed by atoms with Gasteiger partial charge in [-0.3, -0.25) is 9.59 Å². The number of hydrogen-bond donors (Lipinski definition) is 1. The zero-order chi connectivity index (χ0) is 13.7. The molecule has 0 radical (unpaired) electrons. The van der Waals surface area contributed by atoms with E-state index in [0.29, 0.717) is 5.39 Å². The predicted molar refractivity (Wildman–Crippen MR) is 81.4 cm³/mol. The molecule has 0 atom stereocenters. The van der Waals surface area contributed by atoms with Gasteiger partial charge in [-0.25, -0.2) is 0 Å². The second-order valence-corrected chi connectivity index (χ2v) is 5.45. The molecular formula is C15H15NO2S. The zero-order valence-corrected chi connectivity index (χ0v) is 11.5. The molecule has 1 aromatic heterocycles. The van der Waals surface area contributed by atoms with E-state index in [1.807, 2.05) is 30.4 Å². The molecule has 98 valence electrons. The summed E-state index contributed by atoms with van der Waals surface area (Å²) in [7, 11) is 0. The van der Waals surface area contributed by atoms with E-state index in [2.05, 4.69) is 4.98 Å². The SMILES string of the molecule is CC(=O)SCCC=Cc1ccc2c(=O)cc[nH]c2c1. The van der Waals surface area contributed by atoms with Gasteiger partial charge < -0.3 is 4.98 Å². The molecule has 1 heterocycles. The first-order valence-electron chi connectivity index (χ1n) is 6.08. The maximum atomic E-state index is 11.6. The van der Waals surface area contributed by atoms with Gasteiger partial charge in [0.2, 0.25) is 0 Å². The predicted octanol–water partition coefficient (Wildman–Crippen LogP) is 3.21. The van der Waals surface area contributed by atoms with Gasteiger partial charge in [-0.1, -0.05) is 30.0 Å². The topological polar surface area (TPSA) is 49.9 Å². The van der Waals surface area contributed by atoms with E-state index in [1.54, 1.807) is 13.1 Å². The third-order valence-electron chi connectivity index (χ3n) is 2.68. The Balaban J connectivity index is 2.07. The summed E-state index contributed by atoms with van der Waals surface area (Å²) >= 11 is 1.33. The van der Waals surface area contributed by atoms with Crippen molar-refractivity contribution in [3.63, 3.8) is 0 Å².